The normalized spacial score (nSPS) is 20.5. The van der Waals surface area contributed by atoms with Crippen molar-refractivity contribution >= 4 is 0 Å². The van der Waals surface area contributed by atoms with E-state index in [1.807, 2.05) is 0 Å². The SMILES string of the molecule is CCCCCCC[C@H]1CC[C@H](COc2ccc(OC(F)(F)F)c(F)c2)CC1. The van der Waals surface area contributed by atoms with Crippen LogP contribution in [0.15, 0.2) is 18.2 Å². The zero-order valence-electron chi connectivity index (χ0n) is 16.0. The lowest BCUT2D eigenvalue weighted by atomic mass is 9.80. The molecule has 0 bridgehead atoms. The Morgan fingerprint density at radius 1 is 0.963 bits per heavy atom. The van der Waals surface area contributed by atoms with Gasteiger partial charge in [0.15, 0.2) is 11.6 Å². The predicted octanol–water partition coefficient (Wildman–Crippen LogP) is 7.27. The second kappa shape index (κ2) is 10.8. The van der Waals surface area contributed by atoms with Gasteiger partial charge in [0.2, 0.25) is 0 Å². The summed E-state index contributed by atoms with van der Waals surface area (Å²) >= 11 is 0. The van der Waals surface area contributed by atoms with Crippen molar-refractivity contribution in [3.05, 3.63) is 24.0 Å². The minimum absolute atomic E-state index is 0.236. The first kappa shape index (κ1) is 21.8. The number of unbranched alkanes of at least 4 members (excludes halogenated alkanes) is 4. The predicted molar refractivity (Wildman–Crippen MR) is 97.4 cm³/mol. The van der Waals surface area contributed by atoms with Crippen LogP contribution >= 0.6 is 0 Å². The average molecular weight is 390 g/mol. The molecule has 0 unspecified atom stereocenters. The number of rotatable bonds is 10. The lowest BCUT2D eigenvalue weighted by Gasteiger charge is -2.28. The highest BCUT2D eigenvalue weighted by molar-refractivity contribution is 5.33. The summed E-state index contributed by atoms with van der Waals surface area (Å²) in [6.07, 6.45) is 7.58. The van der Waals surface area contributed by atoms with Crippen LogP contribution in [-0.2, 0) is 0 Å². The van der Waals surface area contributed by atoms with Gasteiger partial charge in [0.1, 0.15) is 5.75 Å². The highest BCUT2D eigenvalue weighted by Gasteiger charge is 2.32. The minimum Gasteiger partial charge on any atom is -0.493 e. The summed E-state index contributed by atoms with van der Waals surface area (Å²) in [5.41, 5.74) is 0. The summed E-state index contributed by atoms with van der Waals surface area (Å²) in [6.45, 7) is 2.70. The molecule has 154 valence electrons. The zero-order chi connectivity index (χ0) is 19.7. The average Bonchev–Trinajstić information content (AvgIpc) is 2.62. The molecule has 6 heteroatoms. The third-order valence-electron chi connectivity index (χ3n) is 5.30. The third-order valence-corrected chi connectivity index (χ3v) is 5.30. The number of alkyl halides is 3. The Hall–Kier alpha value is -1.46. The summed E-state index contributed by atoms with van der Waals surface area (Å²) in [7, 11) is 0. The molecule has 0 heterocycles. The molecule has 0 aromatic heterocycles. The van der Waals surface area contributed by atoms with Crippen LogP contribution in [0.1, 0.15) is 71.1 Å². The molecule has 1 fully saturated rings. The molecule has 0 aliphatic heterocycles. The van der Waals surface area contributed by atoms with E-state index in [4.69, 9.17) is 4.74 Å². The first-order valence-electron chi connectivity index (χ1n) is 10.1. The molecule has 27 heavy (non-hydrogen) atoms. The van der Waals surface area contributed by atoms with E-state index in [1.54, 1.807) is 0 Å². The van der Waals surface area contributed by atoms with E-state index in [9.17, 15) is 17.6 Å². The highest BCUT2D eigenvalue weighted by atomic mass is 19.4. The number of hydrogen-bond acceptors (Lipinski definition) is 2. The molecule has 1 aromatic carbocycles. The van der Waals surface area contributed by atoms with Crippen molar-refractivity contribution < 1.29 is 27.0 Å². The Balaban J connectivity index is 1.67. The monoisotopic (exact) mass is 390 g/mol. The summed E-state index contributed by atoms with van der Waals surface area (Å²) in [5, 5.41) is 0. The van der Waals surface area contributed by atoms with E-state index in [0.717, 1.165) is 30.9 Å². The van der Waals surface area contributed by atoms with Gasteiger partial charge >= 0.3 is 6.36 Å². The molecular formula is C21H30F4O2. The quantitative estimate of drug-likeness (QED) is 0.309. The number of hydrogen-bond donors (Lipinski definition) is 0. The van der Waals surface area contributed by atoms with Gasteiger partial charge in [-0.15, -0.1) is 13.2 Å². The minimum atomic E-state index is -4.90. The molecule has 2 rings (SSSR count). The standard InChI is InChI=1S/C21H30F4O2/c1-2-3-4-5-6-7-16-8-10-17(11-9-16)15-26-18-12-13-20(19(22)14-18)27-21(23,24)25/h12-14,16-17H,2-11,15H2,1H3/t16-,17-. The van der Waals surface area contributed by atoms with Crippen molar-refractivity contribution in [1.29, 1.82) is 0 Å². The number of halogens is 4. The summed E-state index contributed by atoms with van der Waals surface area (Å²) in [4.78, 5) is 0. The van der Waals surface area contributed by atoms with E-state index < -0.39 is 17.9 Å². The van der Waals surface area contributed by atoms with Crippen LogP contribution in [0.5, 0.6) is 11.5 Å². The molecule has 0 spiro atoms. The number of ether oxygens (including phenoxy) is 2. The van der Waals surface area contributed by atoms with Gasteiger partial charge in [-0.05, 0) is 36.8 Å². The van der Waals surface area contributed by atoms with E-state index >= 15 is 0 Å². The smallest absolute Gasteiger partial charge is 0.493 e. The Morgan fingerprint density at radius 3 is 2.26 bits per heavy atom. The van der Waals surface area contributed by atoms with Crippen molar-refractivity contribution in [3.63, 3.8) is 0 Å². The Morgan fingerprint density at radius 2 is 1.63 bits per heavy atom. The van der Waals surface area contributed by atoms with Crippen LogP contribution in [0.25, 0.3) is 0 Å². The molecule has 1 aliphatic rings. The van der Waals surface area contributed by atoms with Crippen molar-refractivity contribution in [3.8, 4) is 11.5 Å². The van der Waals surface area contributed by atoms with Gasteiger partial charge in [0, 0.05) is 6.07 Å². The molecule has 2 nitrogen and oxygen atoms in total. The van der Waals surface area contributed by atoms with Gasteiger partial charge in [0.05, 0.1) is 6.61 Å². The highest BCUT2D eigenvalue weighted by Crippen LogP contribution is 2.33. The fraction of sp³-hybridized carbons (Fsp3) is 0.714. The van der Waals surface area contributed by atoms with Crippen molar-refractivity contribution in [2.75, 3.05) is 6.61 Å². The van der Waals surface area contributed by atoms with Crippen LogP contribution in [0.4, 0.5) is 17.6 Å². The Labute approximate surface area is 159 Å². The van der Waals surface area contributed by atoms with Crippen molar-refractivity contribution in [2.24, 2.45) is 11.8 Å². The van der Waals surface area contributed by atoms with Gasteiger partial charge in [-0.2, -0.15) is 0 Å². The Kier molecular flexibility index (Phi) is 8.71. The molecule has 1 saturated carbocycles. The second-order valence-electron chi connectivity index (χ2n) is 7.54. The van der Waals surface area contributed by atoms with Gasteiger partial charge in [-0.3, -0.25) is 0 Å². The zero-order valence-corrected chi connectivity index (χ0v) is 16.0. The van der Waals surface area contributed by atoms with Crippen LogP contribution < -0.4 is 9.47 Å². The third kappa shape index (κ3) is 8.39. The first-order valence-corrected chi connectivity index (χ1v) is 10.1. The fourth-order valence-electron chi connectivity index (χ4n) is 3.72. The Bertz CT molecular complexity index is 552. The van der Waals surface area contributed by atoms with E-state index in [1.165, 1.54) is 57.4 Å². The molecule has 1 aliphatic carbocycles. The van der Waals surface area contributed by atoms with Gasteiger partial charge in [-0.25, -0.2) is 4.39 Å². The lowest BCUT2D eigenvalue weighted by molar-refractivity contribution is -0.275. The van der Waals surface area contributed by atoms with E-state index in [-0.39, 0.29) is 5.75 Å². The molecule has 1 aromatic rings. The molecule has 0 saturated heterocycles. The van der Waals surface area contributed by atoms with Gasteiger partial charge in [-0.1, -0.05) is 58.3 Å². The van der Waals surface area contributed by atoms with E-state index in [2.05, 4.69) is 11.7 Å². The molecule has 0 atom stereocenters. The van der Waals surface area contributed by atoms with Crippen LogP contribution in [-0.4, -0.2) is 13.0 Å². The number of benzene rings is 1. The van der Waals surface area contributed by atoms with Gasteiger partial charge < -0.3 is 9.47 Å². The fourth-order valence-corrected chi connectivity index (χ4v) is 3.72. The second-order valence-corrected chi connectivity index (χ2v) is 7.54. The maximum absolute atomic E-state index is 13.7. The largest absolute Gasteiger partial charge is 0.573 e. The summed E-state index contributed by atoms with van der Waals surface area (Å²) in [6, 6.07) is 3.21. The lowest BCUT2D eigenvalue weighted by Crippen LogP contribution is -2.20. The topological polar surface area (TPSA) is 18.5 Å². The van der Waals surface area contributed by atoms with Crippen LogP contribution in [0.2, 0.25) is 0 Å². The van der Waals surface area contributed by atoms with Crippen LogP contribution in [0, 0.1) is 17.7 Å². The van der Waals surface area contributed by atoms with Gasteiger partial charge in [0.25, 0.3) is 0 Å². The van der Waals surface area contributed by atoms with Crippen molar-refractivity contribution in [1.82, 2.24) is 0 Å². The molecule has 0 amide bonds. The summed E-state index contributed by atoms with van der Waals surface area (Å²) in [5.74, 6) is -0.444. The van der Waals surface area contributed by atoms with E-state index in [0.29, 0.717) is 12.5 Å². The maximum Gasteiger partial charge on any atom is 0.573 e. The summed E-state index contributed by atoms with van der Waals surface area (Å²) < 4.78 is 59.4. The van der Waals surface area contributed by atoms with Crippen molar-refractivity contribution in [2.45, 2.75) is 77.5 Å². The first-order chi connectivity index (χ1) is 12.9. The van der Waals surface area contributed by atoms with Crippen LogP contribution in [0.3, 0.4) is 0 Å². The molecular weight excluding hydrogens is 360 g/mol. The molecule has 0 radical (unpaired) electrons. The molecule has 0 N–H and O–H groups in total. The maximum atomic E-state index is 13.7.